The molecule has 0 aromatic carbocycles. The van der Waals surface area contributed by atoms with Crippen LogP contribution in [0.2, 0.25) is 0 Å². The number of anilines is 1. The molecule has 0 bridgehead atoms. The molecule has 1 aromatic heterocycles. The van der Waals surface area contributed by atoms with Gasteiger partial charge in [-0.05, 0) is 33.3 Å². The lowest BCUT2D eigenvalue weighted by Gasteiger charge is -2.27. The molecule has 0 aliphatic rings. The van der Waals surface area contributed by atoms with Gasteiger partial charge in [0.05, 0.1) is 0 Å². The topological polar surface area (TPSA) is 24.9 Å². The summed E-state index contributed by atoms with van der Waals surface area (Å²) in [6.07, 6.45) is 1.59. The first-order valence-electron chi connectivity index (χ1n) is 5.35. The van der Waals surface area contributed by atoms with Gasteiger partial charge in [-0.3, -0.25) is 0 Å². The van der Waals surface area contributed by atoms with Gasteiger partial charge in [-0.15, -0.1) is 0 Å². The van der Waals surface area contributed by atoms with Crippen molar-refractivity contribution in [2.45, 2.75) is 27.7 Å². The molecule has 0 saturated heterocycles. The van der Waals surface area contributed by atoms with Gasteiger partial charge in [0.1, 0.15) is 0 Å². The second kappa shape index (κ2) is 5.13. The van der Waals surface area contributed by atoms with Gasteiger partial charge in [0, 0.05) is 17.2 Å². The zero-order valence-corrected chi connectivity index (χ0v) is 11.7. The van der Waals surface area contributed by atoms with E-state index in [-0.39, 0.29) is 11.2 Å². The van der Waals surface area contributed by atoms with Gasteiger partial charge in [0.2, 0.25) is 0 Å². The molecule has 1 unspecified atom stereocenters. The number of hydrogen-bond donors (Lipinski definition) is 1. The van der Waals surface area contributed by atoms with Crippen LogP contribution in [0.25, 0.3) is 0 Å². The Morgan fingerprint density at radius 2 is 2.12 bits per heavy atom. The summed E-state index contributed by atoms with van der Waals surface area (Å²) in [6.45, 7) is 9.37. The fourth-order valence-corrected chi connectivity index (χ4v) is 1.40. The van der Waals surface area contributed by atoms with Crippen LogP contribution in [0, 0.1) is 17.2 Å². The Bertz CT molecular complexity index is 361. The quantitative estimate of drug-likeness (QED) is 0.907. The largest absolute Gasteiger partial charge is 0.367 e. The summed E-state index contributed by atoms with van der Waals surface area (Å²) in [5.74, 6) is 0.437. The standard InChI is InChI=1S/C12H18BrFN2/c1-8(12(2,3)4)6-15-11-10(14)5-9(13)7-16-11/h5,7-8H,6H2,1-4H3,(H,15,16). The van der Waals surface area contributed by atoms with Crippen molar-refractivity contribution in [3.8, 4) is 0 Å². The predicted molar refractivity (Wildman–Crippen MR) is 69.0 cm³/mol. The Kier molecular flexibility index (Phi) is 4.30. The molecule has 2 nitrogen and oxygen atoms in total. The van der Waals surface area contributed by atoms with E-state index in [2.05, 4.69) is 53.9 Å². The van der Waals surface area contributed by atoms with Crippen LogP contribution < -0.4 is 5.32 Å². The van der Waals surface area contributed by atoms with Crippen molar-refractivity contribution < 1.29 is 4.39 Å². The zero-order chi connectivity index (χ0) is 12.3. The van der Waals surface area contributed by atoms with Crippen molar-refractivity contribution in [3.63, 3.8) is 0 Å². The van der Waals surface area contributed by atoms with E-state index in [1.54, 1.807) is 6.20 Å². The molecule has 90 valence electrons. The van der Waals surface area contributed by atoms with Crippen LogP contribution in [-0.4, -0.2) is 11.5 Å². The molecule has 1 rings (SSSR count). The van der Waals surface area contributed by atoms with Gasteiger partial charge >= 0.3 is 0 Å². The third-order valence-electron chi connectivity index (χ3n) is 2.86. The highest BCUT2D eigenvalue weighted by molar-refractivity contribution is 9.10. The lowest BCUT2D eigenvalue weighted by molar-refractivity contribution is 0.274. The maximum atomic E-state index is 13.4. The maximum Gasteiger partial charge on any atom is 0.166 e. The third-order valence-corrected chi connectivity index (χ3v) is 3.30. The number of pyridine rings is 1. The lowest BCUT2D eigenvalue weighted by atomic mass is 9.82. The molecule has 0 spiro atoms. The number of nitrogens with zero attached hydrogens (tertiary/aromatic N) is 1. The Morgan fingerprint density at radius 1 is 1.50 bits per heavy atom. The smallest absolute Gasteiger partial charge is 0.166 e. The Morgan fingerprint density at radius 3 is 2.62 bits per heavy atom. The van der Waals surface area contributed by atoms with E-state index in [0.29, 0.717) is 16.2 Å². The highest BCUT2D eigenvalue weighted by Gasteiger charge is 2.20. The molecule has 0 aliphatic carbocycles. The molecule has 0 amide bonds. The van der Waals surface area contributed by atoms with Crippen LogP contribution in [-0.2, 0) is 0 Å². The van der Waals surface area contributed by atoms with Crippen LogP contribution in [0.1, 0.15) is 27.7 Å². The third kappa shape index (κ3) is 3.74. The summed E-state index contributed by atoms with van der Waals surface area (Å²) < 4.78 is 14.1. The second-order valence-electron chi connectivity index (χ2n) is 5.13. The predicted octanol–water partition coefficient (Wildman–Crippen LogP) is 4.08. The van der Waals surface area contributed by atoms with Crippen LogP contribution in [0.4, 0.5) is 10.2 Å². The molecular formula is C12H18BrFN2. The first-order valence-corrected chi connectivity index (χ1v) is 6.15. The number of hydrogen-bond acceptors (Lipinski definition) is 2. The number of nitrogens with one attached hydrogen (secondary N) is 1. The van der Waals surface area contributed by atoms with Gasteiger partial charge in [-0.25, -0.2) is 9.37 Å². The number of halogens is 2. The molecular weight excluding hydrogens is 271 g/mol. The van der Waals surface area contributed by atoms with E-state index in [4.69, 9.17) is 0 Å². The molecule has 1 aromatic rings. The van der Waals surface area contributed by atoms with Gasteiger partial charge in [-0.1, -0.05) is 27.7 Å². The van der Waals surface area contributed by atoms with Crippen LogP contribution >= 0.6 is 15.9 Å². The molecule has 1 atom stereocenters. The fraction of sp³-hybridized carbons (Fsp3) is 0.583. The van der Waals surface area contributed by atoms with Crippen molar-refractivity contribution in [2.24, 2.45) is 11.3 Å². The monoisotopic (exact) mass is 288 g/mol. The molecule has 1 heterocycles. The molecule has 1 N–H and O–H groups in total. The number of rotatable bonds is 3. The summed E-state index contributed by atoms with van der Waals surface area (Å²) >= 11 is 3.18. The molecule has 4 heteroatoms. The summed E-state index contributed by atoms with van der Waals surface area (Å²) in [7, 11) is 0. The molecule has 16 heavy (non-hydrogen) atoms. The van der Waals surface area contributed by atoms with E-state index in [9.17, 15) is 4.39 Å². The van der Waals surface area contributed by atoms with Crippen LogP contribution in [0.5, 0.6) is 0 Å². The molecule has 0 radical (unpaired) electrons. The fourth-order valence-electron chi connectivity index (χ4n) is 1.10. The summed E-state index contributed by atoms with van der Waals surface area (Å²) in [4.78, 5) is 4.00. The Labute approximate surface area is 105 Å². The van der Waals surface area contributed by atoms with Crippen molar-refractivity contribution in [2.75, 3.05) is 11.9 Å². The van der Waals surface area contributed by atoms with E-state index in [0.717, 1.165) is 6.54 Å². The maximum absolute atomic E-state index is 13.4. The first kappa shape index (κ1) is 13.4. The summed E-state index contributed by atoms with van der Waals surface area (Å²) in [5.41, 5.74) is 0.207. The Balaban J connectivity index is 2.62. The normalized spacial score (nSPS) is 13.6. The van der Waals surface area contributed by atoms with Gasteiger partial charge in [0.15, 0.2) is 11.6 Å². The Hall–Kier alpha value is -0.640. The summed E-state index contributed by atoms with van der Waals surface area (Å²) in [6, 6.07) is 1.41. The SMILES string of the molecule is CC(CNc1ncc(Br)cc1F)C(C)(C)C. The van der Waals surface area contributed by atoms with Gasteiger partial charge in [-0.2, -0.15) is 0 Å². The first-order chi connectivity index (χ1) is 7.30. The van der Waals surface area contributed by atoms with Crippen molar-refractivity contribution in [1.29, 1.82) is 0 Å². The lowest BCUT2D eigenvalue weighted by Crippen LogP contribution is -2.25. The minimum absolute atomic E-state index is 0.207. The van der Waals surface area contributed by atoms with E-state index in [1.165, 1.54) is 6.07 Å². The van der Waals surface area contributed by atoms with E-state index in [1.807, 2.05) is 0 Å². The van der Waals surface area contributed by atoms with Crippen molar-refractivity contribution in [3.05, 3.63) is 22.6 Å². The molecule has 0 aliphatic heterocycles. The van der Waals surface area contributed by atoms with Crippen LogP contribution in [0.3, 0.4) is 0 Å². The summed E-state index contributed by atoms with van der Waals surface area (Å²) in [5, 5.41) is 3.04. The average molecular weight is 289 g/mol. The zero-order valence-electron chi connectivity index (χ0n) is 10.1. The average Bonchev–Trinajstić information content (AvgIpc) is 2.14. The highest BCUT2D eigenvalue weighted by Crippen LogP contribution is 2.25. The van der Waals surface area contributed by atoms with Crippen LogP contribution in [0.15, 0.2) is 16.7 Å². The van der Waals surface area contributed by atoms with Gasteiger partial charge in [0.25, 0.3) is 0 Å². The van der Waals surface area contributed by atoms with Gasteiger partial charge < -0.3 is 5.32 Å². The van der Waals surface area contributed by atoms with E-state index >= 15 is 0 Å². The second-order valence-corrected chi connectivity index (χ2v) is 6.05. The molecule has 0 saturated carbocycles. The molecule has 0 fully saturated rings. The number of aromatic nitrogens is 1. The van der Waals surface area contributed by atoms with Crippen molar-refractivity contribution in [1.82, 2.24) is 4.98 Å². The van der Waals surface area contributed by atoms with E-state index < -0.39 is 0 Å². The minimum atomic E-state index is -0.324. The minimum Gasteiger partial charge on any atom is -0.367 e. The highest BCUT2D eigenvalue weighted by atomic mass is 79.9. The van der Waals surface area contributed by atoms with Crippen molar-refractivity contribution >= 4 is 21.7 Å².